The van der Waals surface area contributed by atoms with Crippen LogP contribution in [0.15, 0.2) is 24.0 Å². The molecule has 0 radical (unpaired) electrons. The first-order chi connectivity index (χ1) is 8.93. The van der Waals surface area contributed by atoms with Gasteiger partial charge in [0.15, 0.2) is 0 Å². The lowest BCUT2D eigenvalue weighted by molar-refractivity contribution is -0.138. The van der Waals surface area contributed by atoms with Crippen molar-refractivity contribution in [3.8, 4) is 0 Å². The zero-order valence-electron chi connectivity index (χ0n) is 9.84. The van der Waals surface area contributed by atoms with Gasteiger partial charge in [0, 0.05) is 12.3 Å². The number of hydrogen-bond acceptors (Lipinski definition) is 5. The van der Waals surface area contributed by atoms with Crippen LogP contribution >= 0.6 is 34.8 Å². The third-order valence-corrected chi connectivity index (χ3v) is 2.43. The Bertz CT molecular complexity index is 532. The molecule has 8 heteroatoms. The molecule has 0 atom stereocenters. The standard InChI is InChI=1S/C11H10Cl3N3O2/c1-2-19-11(18)8(4-9(14)15)17-10-7(13)3-6(12)5-16-10/h3-5,15H,2H2,1H3,(H,16,17)/b8-4-,15-9?. The van der Waals surface area contributed by atoms with E-state index in [0.29, 0.717) is 5.02 Å². The van der Waals surface area contributed by atoms with Crippen LogP contribution in [0.3, 0.4) is 0 Å². The highest BCUT2D eigenvalue weighted by Crippen LogP contribution is 2.23. The number of esters is 1. The summed E-state index contributed by atoms with van der Waals surface area (Å²) in [4.78, 5) is 15.6. The van der Waals surface area contributed by atoms with Crippen LogP contribution in [0.1, 0.15) is 6.92 Å². The molecule has 0 bridgehead atoms. The molecule has 1 aromatic rings. The van der Waals surface area contributed by atoms with Gasteiger partial charge in [-0.15, -0.1) is 0 Å². The van der Waals surface area contributed by atoms with Crippen LogP contribution < -0.4 is 5.32 Å². The molecule has 0 aromatic carbocycles. The normalized spacial score (nSPS) is 11.1. The first-order valence-corrected chi connectivity index (χ1v) is 6.28. The van der Waals surface area contributed by atoms with E-state index in [9.17, 15) is 4.79 Å². The second-order valence-corrected chi connectivity index (χ2v) is 4.49. The van der Waals surface area contributed by atoms with Gasteiger partial charge in [0.25, 0.3) is 0 Å². The van der Waals surface area contributed by atoms with Gasteiger partial charge in [0.2, 0.25) is 0 Å². The molecular formula is C11H10Cl3N3O2. The molecule has 2 N–H and O–H groups in total. The van der Waals surface area contributed by atoms with Crippen LogP contribution in [0.4, 0.5) is 5.82 Å². The Morgan fingerprint density at radius 3 is 2.79 bits per heavy atom. The van der Waals surface area contributed by atoms with E-state index in [4.69, 9.17) is 44.9 Å². The van der Waals surface area contributed by atoms with E-state index in [1.165, 1.54) is 12.3 Å². The molecule has 0 aliphatic carbocycles. The average Bonchev–Trinajstić information content (AvgIpc) is 2.31. The minimum atomic E-state index is -0.666. The number of pyridine rings is 1. The minimum Gasteiger partial charge on any atom is -0.461 e. The Labute approximate surface area is 125 Å². The van der Waals surface area contributed by atoms with E-state index in [2.05, 4.69) is 10.3 Å². The SMILES string of the molecule is CCOC(=O)/C(=C/C(=N)Cl)Nc1ncc(Cl)cc1Cl. The van der Waals surface area contributed by atoms with E-state index < -0.39 is 5.97 Å². The zero-order chi connectivity index (χ0) is 14.4. The van der Waals surface area contributed by atoms with Crippen LogP contribution in [-0.2, 0) is 9.53 Å². The van der Waals surface area contributed by atoms with Gasteiger partial charge in [-0.2, -0.15) is 0 Å². The molecule has 0 amide bonds. The largest absolute Gasteiger partial charge is 0.461 e. The number of aromatic nitrogens is 1. The smallest absolute Gasteiger partial charge is 0.354 e. The van der Waals surface area contributed by atoms with Gasteiger partial charge in [0.05, 0.1) is 16.7 Å². The van der Waals surface area contributed by atoms with Gasteiger partial charge in [-0.3, -0.25) is 5.41 Å². The molecule has 19 heavy (non-hydrogen) atoms. The Morgan fingerprint density at radius 2 is 2.26 bits per heavy atom. The van der Waals surface area contributed by atoms with Gasteiger partial charge >= 0.3 is 5.97 Å². The summed E-state index contributed by atoms with van der Waals surface area (Å²) in [6.45, 7) is 1.85. The molecular weight excluding hydrogens is 312 g/mol. The number of rotatable bonds is 5. The molecule has 0 fully saturated rings. The maximum absolute atomic E-state index is 11.7. The third kappa shape index (κ3) is 5.06. The van der Waals surface area contributed by atoms with Gasteiger partial charge in [0.1, 0.15) is 16.7 Å². The fourth-order valence-corrected chi connectivity index (χ4v) is 1.65. The zero-order valence-corrected chi connectivity index (χ0v) is 12.1. The van der Waals surface area contributed by atoms with E-state index >= 15 is 0 Å². The van der Waals surface area contributed by atoms with E-state index in [1.807, 2.05) is 0 Å². The van der Waals surface area contributed by atoms with E-state index in [-0.39, 0.29) is 28.3 Å². The summed E-state index contributed by atoms with van der Waals surface area (Å²) in [6.07, 6.45) is 2.47. The maximum Gasteiger partial charge on any atom is 0.354 e. The van der Waals surface area contributed by atoms with Crippen molar-refractivity contribution in [3.63, 3.8) is 0 Å². The van der Waals surface area contributed by atoms with Crippen LogP contribution in [0.25, 0.3) is 0 Å². The quantitative estimate of drug-likeness (QED) is 0.494. The summed E-state index contributed by atoms with van der Waals surface area (Å²) in [5.74, 6) is -0.455. The highest BCUT2D eigenvalue weighted by molar-refractivity contribution is 6.67. The number of nitrogens with zero attached hydrogens (tertiary/aromatic N) is 1. The summed E-state index contributed by atoms with van der Waals surface area (Å²) in [6, 6.07) is 1.47. The molecule has 0 saturated carbocycles. The Hall–Kier alpha value is -1.30. The number of halogens is 3. The monoisotopic (exact) mass is 321 g/mol. The van der Waals surface area contributed by atoms with Gasteiger partial charge in [-0.05, 0) is 13.0 Å². The molecule has 0 unspecified atom stereocenters. The lowest BCUT2D eigenvalue weighted by Crippen LogP contribution is -2.16. The molecule has 0 aliphatic heterocycles. The molecule has 1 aromatic heterocycles. The topological polar surface area (TPSA) is 75.1 Å². The summed E-state index contributed by atoms with van der Waals surface area (Å²) < 4.78 is 4.82. The Balaban J connectivity index is 3.01. The van der Waals surface area contributed by atoms with Crippen molar-refractivity contribution in [2.24, 2.45) is 0 Å². The van der Waals surface area contributed by atoms with E-state index in [0.717, 1.165) is 6.08 Å². The molecule has 1 rings (SSSR count). The van der Waals surface area contributed by atoms with Crippen molar-refractivity contribution in [1.82, 2.24) is 4.98 Å². The summed E-state index contributed by atoms with van der Waals surface area (Å²) >= 11 is 17.1. The fraction of sp³-hybridized carbons (Fsp3) is 0.182. The highest BCUT2D eigenvalue weighted by Gasteiger charge is 2.14. The van der Waals surface area contributed by atoms with Crippen molar-refractivity contribution >= 4 is 51.8 Å². The number of allylic oxidation sites excluding steroid dienone is 1. The predicted molar refractivity (Wildman–Crippen MR) is 76.2 cm³/mol. The van der Waals surface area contributed by atoms with Gasteiger partial charge < -0.3 is 10.1 Å². The van der Waals surface area contributed by atoms with Crippen LogP contribution in [-0.4, -0.2) is 22.7 Å². The van der Waals surface area contributed by atoms with Crippen molar-refractivity contribution in [2.75, 3.05) is 11.9 Å². The van der Waals surface area contributed by atoms with Crippen LogP contribution in [0, 0.1) is 5.41 Å². The predicted octanol–water partition coefficient (Wildman–Crippen LogP) is 3.46. The molecule has 0 saturated heterocycles. The summed E-state index contributed by atoms with van der Waals surface area (Å²) in [5, 5.41) is 10.1. The number of nitrogens with one attached hydrogen (secondary N) is 2. The Kier molecular flexibility index (Phi) is 6.08. The first-order valence-electron chi connectivity index (χ1n) is 5.15. The number of carbonyl (C=O) groups is 1. The van der Waals surface area contributed by atoms with E-state index in [1.54, 1.807) is 6.92 Å². The molecule has 1 heterocycles. The summed E-state index contributed by atoms with van der Waals surface area (Å²) in [5.41, 5.74) is -0.0430. The van der Waals surface area contributed by atoms with Crippen molar-refractivity contribution < 1.29 is 9.53 Å². The molecule has 0 spiro atoms. The van der Waals surface area contributed by atoms with Crippen LogP contribution in [0.5, 0.6) is 0 Å². The molecule has 5 nitrogen and oxygen atoms in total. The number of carbonyl (C=O) groups excluding carboxylic acids is 1. The second-order valence-electron chi connectivity index (χ2n) is 3.24. The van der Waals surface area contributed by atoms with Crippen molar-refractivity contribution in [2.45, 2.75) is 6.92 Å². The van der Waals surface area contributed by atoms with Crippen LogP contribution in [0.2, 0.25) is 10.0 Å². The Morgan fingerprint density at radius 1 is 1.58 bits per heavy atom. The molecule has 102 valence electrons. The van der Waals surface area contributed by atoms with Crippen molar-refractivity contribution in [3.05, 3.63) is 34.1 Å². The van der Waals surface area contributed by atoms with Gasteiger partial charge in [-0.1, -0.05) is 34.8 Å². The number of anilines is 1. The second kappa shape index (κ2) is 7.33. The maximum atomic E-state index is 11.7. The average molecular weight is 323 g/mol. The van der Waals surface area contributed by atoms with Gasteiger partial charge in [-0.25, -0.2) is 9.78 Å². The lowest BCUT2D eigenvalue weighted by atomic mass is 10.3. The van der Waals surface area contributed by atoms with Crippen molar-refractivity contribution in [1.29, 1.82) is 5.41 Å². The lowest BCUT2D eigenvalue weighted by Gasteiger charge is -2.10. The first kappa shape index (κ1) is 15.8. The number of ether oxygens (including phenoxy) is 1. The molecule has 0 aliphatic rings. The highest BCUT2D eigenvalue weighted by atomic mass is 35.5. The number of hydrogen-bond donors (Lipinski definition) is 2. The minimum absolute atomic E-state index is 0.0430. The fourth-order valence-electron chi connectivity index (χ4n) is 1.12. The third-order valence-electron chi connectivity index (χ3n) is 1.83. The summed E-state index contributed by atoms with van der Waals surface area (Å²) in [7, 11) is 0.